The van der Waals surface area contributed by atoms with Gasteiger partial charge in [0.25, 0.3) is 5.56 Å². The van der Waals surface area contributed by atoms with Gasteiger partial charge in [-0.25, -0.2) is 0 Å². The molecule has 1 aliphatic heterocycles. The predicted molar refractivity (Wildman–Crippen MR) is 75.1 cm³/mol. The molecule has 0 spiro atoms. The standard InChI is InChI=1S/C10H12N4O4S2/c11-9-12-6-5(7(17)13-9)20-10(19)14(6)8-4(16)1-3(2-15)18-8/h3-4,8,15-16H,1-2H2,(H3,11,12,13,17)/t3-,4+,8+/m0/s1. The van der Waals surface area contributed by atoms with Crippen molar-refractivity contribution in [3.63, 3.8) is 0 Å². The lowest BCUT2D eigenvalue weighted by atomic mass is 10.2. The molecule has 0 amide bonds. The third-order valence-corrected chi connectivity index (χ3v) is 4.51. The van der Waals surface area contributed by atoms with Crippen LogP contribution >= 0.6 is 23.6 Å². The molecule has 3 atom stereocenters. The van der Waals surface area contributed by atoms with E-state index in [1.54, 1.807) is 0 Å². The Morgan fingerprint density at radius 2 is 2.40 bits per heavy atom. The Labute approximate surface area is 121 Å². The van der Waals surface area contributed by atoms with Gasteiger partial charge in [-0.3, -0.25) is 14.3 Å². The molecule has 2 aromatic heterocycles. The van der Waals surface area contributed by atoms with E-state index in [2.05, 4.69) is 9.97 Å². The third-order valence-electron chi connectivity index (χ3n) is 3.12. The number of fused-ring (bicyclic) bond motifs is 1. The number of hydrogen-bond acceptors (Lipinski definition) is 8. The molecular formula is C10H12N4O4S2. The van der Waals surface area contributed by atoms with Crippen LogP contribution in [0.1, 0.15) is 12.6 Å². The lowest BCUT2D eigenvalue weighted by molar-refractivity contribution is -0.0487. The fraction of sp³-hybridized carbons (Fsp3) is 0.500. The van der Waals surface area contributed by atoms with Crippen molar-refractivity contribution in [2.45, 2.75) is 24.9 Å². The van der Waals surface area contributed by atoms with Gasteiger partial charge in [-0.1, -0.05) is 11.3 Å². The molecule has 0 aliphatic carbocycles. The smallest absolute Gasteiger partial charge is 0.271 e. The average Bonchev–Trinajstić information content (AvgIpc) is 2.89. The summed E-state index contributed by atoms with van der Waals surface area (Å²) in [5, 5.41) is 19.2. The molecule has 0 unspecified atom stereocenters. The van der Waals surface area contributed by atoms with Gasteiger partial charge in [0.1, 0.15) is 10.8 Å². The number of hydrogen-bond donors (Lipinski definition) is 4. The van der Waals surface area contributed by atoms with Gasteiger partial charge in [-0.2, -0.15) is 4.98 Å². The fourth-order valence-electron chi connectivity index (χ4n) is 2.25. The summed E-state index contributed by atoms with van der Waals surface area (Å²) < 4.78 is 7.70. The molecule has 5 N–H and O–H groups in total. The molecule has 2 aromatic rings. The summed E-state index contributed by atoms with van der Waals surface area (Å²) >= 11 is 6.29. The molecule has 0 saturated carbocycles. The number of aromatic nitrogens is 3. The molecule has 1 saturated heterocycles. The van der Waals surface area contributed by atoms with Crippen LogP contribution in [0.2, 0.25) is 0 Å². The first-order chi connectivity index (χ1) is 9.51. The van der Waals surface area contributed by atoms with Crippen molar-refractivity contribution in [1.29, 1.82) is 0 Å². The van der Waals surface area contributed by atoms with Crippen molar-refractivity contribution in [1.82, 2.24) is 14.5 Å². The molecule has 1 aliphatic rings. The summed E-state index contributed by atoms with van der Waals surface area (Å²) in [6.45, 7) is -0.195. The van der Waals surface area contributed by atoms with E-state index in [9.17, 15) is 9.90 Å². The summed E-state index contributed by atoms with van der Waals surface area (Å²) in [5.74, 6) is -0.0322. The summed E-state index contributed by atoms with van der Waals surface area (Å²) in [7, 11) is 0. The van der Waals surface area contributed by atoms with Crippen molar-refractivity contribution in [3.8, 4) is 0 Å². The summed E-state index contributed by atoms with van der Waals surface area (Å²) in [4.78, 5) is 18.3. The Morgan fingerprint density at radius 1 is 1.65 bits per heavy atom. The number of rotatable bonds is 2. The molecular weight excluding hydrogens is 304 g/mol. The highest BCUT2D eigenvalue weighted by molar-refractivity contribution is 7.73. The van der Waals surface area contributed by atoms with Crippen molar-refractivity contribution >= 4 is 39.9 Å². The van der Waals surface area contributed by atoms with Crippen LogP contribution in [-0.4, -0.2) is 43.6 Å². The number of thiazole rings is 1. The van der Waals surface area contributed by atoms with Gasteiger partial charge in [0.15, 0.2) is 15.8 Å². The van der Waals surface area contributed by atoms with E-state index >= 15 is 0 Å². The highest BCUT2D eigenvalue weighted by Gasteiger charge is 2.36. The van der Waals surface area contributed by atoms with Crippen LogP contribution in [0.5, 0.6) is 0 Å². The number of aliphatic hydroxyl groups is 2. The Kier molecular flexibility index (Phi) is 3.34. The molecule has 20 heavy (non-hydrogen) atoms. The third kappa shape index (κ3) is 2.05. The van der Waals surface area contributed by atoms with Crippen LogP contribution in [0.25, 0.3) is 10.3 Å². The van der Waals surface area contributed by atoms with Crippen LogP contribution in [0.4, 0.5) is 5.95 Å². The lowest BCUT2D eigenvalue weighted by Crippen LogP contribution is -2.21. The van der Waals surface area contributed by atoms with E-state index in [-0.39, 0.29) is 23.8 Å². The Bertz CT molecular complexity index is 767. The number of nitrogens with one attached hydrogen (secondary N) is 1. The zero-order chi connectivity index (χ0) is 14.4. The van der Waals surface area contributed by atoms with Crippen molar-refractivity contribution in [2.75, 3.05) is 12.3 Å². The quantitative estimate of drug-likeness (QED) is 0.562. The number of nitrogens with two attached hydrogens (primary N) is 1. The van der Waals surface area contributed by atoms with Crippen LogP contribution in [0.15, 0.2) is 4.79 Å². The van der Waals surface area contributed by atoms with Gasteiger partial charge < -0.3 is 20.7 Å². The molecule has 10 heteroatoms. The van der Waals surface area contributed by atoms with E-state index in [4.69, 9.17) is 27.8 Å². The van der Waals surface area contributed by atoms with Gasteiger partial charge in [0.2, 0.25) is 5.95 Å². The highest BCUT2D eigenvalue weighted by Crippen LogP contribution is 2.33. The molecule has 0 aromatic carbocycles. The maximum Gasteiger partial charge on any atom is 0.271 e. The van der Waals surface area contributed by atoms with Gasteiger partial charge in [0.05, 0.1) is 12.7 Å². The number of ether oxygens (including phenoxy) is 1. The van der Waals surface area contributed by atoms with E-state index in [0.717, 1.165) is 11.3 Å². The predicted octanol–water partition coefficient (Wildman–Crippen LogP) is -0.262. The SMILES string of the molecule is Nc1nc2c(sc(=S)n2[C@@H]2O[C@H](CO)C[C@H]2O)c(=O)[nH]1. The lowest BCUT2D eigenvalue weighted by Gasteiger charge is -2.16. The molecule has 3 rings (SSSR count). The zero-order valence-corrected chi connectivity index (χ0v) is 11.8. The zero-order valence-electron chi connectivity index (χ0n) is 10.1. The second-order valence-corrected chi connectivity index (χ2v) is 6.12. The average molecular weight is 316 g/mol. The van der Waals surface area contributed by atoms with Crippen molar-refractivity contribution in [2.24, 2.45) is 0 Å². The van der Waals surface area contributed by atoms with Crippen LogP contribution < -0.4 is 11.3 Å². The summed E-state index contributed by atoms with van der Waals surface area (Å²) in [6, 6.07) is 0. The molecule has 8 nitrogen and oxygen atoms in total. The van der Waals surface area contributed by atoms with Gasteiger partial charge in [0, 0.05) is 6.42 Å². The summed E-state index contributed by atoms with van der Waals surface area (Å²) in [6.07, 6.45) is -1.79. The monoisotopic (exact) mass is 316 g/mol. The van der Waals surface area contributed by atoms with Gasteiger partial charge in [-0.15, -0.1) is 0 Å². The topological polar surface area (TPSA) is 126 Å². The minimum atomic E-state index is -0.834. The number of nitrogen functional groups attached to an aromatic ring is 1. The molecule has 3 heterocycles. The van der Waals surface area contributed by atoms with E-state index in [1.165, 1.54) is 4.57 Å². The Morgan fingerprint density at radius 3 is 3.05 bits per heavy atom. The molecule has 0 radical (unpaired) electrons. The second kappa shape index (κ2) is 4.90. The molecule has 108 valence electrons. The van der Waals surface area contributed by atoms with Crippen molar-refractivity contribution < 1.29 is 14.9 Å². The highest BCUT2D eigenvalue weighted by atomic mass is 32.1. The van der Waals surface area contributed by atoms with Crippen LogP contribution in [0, 0.1) is 3.95 Å². The van der Waals surface area contributed by atoms with Crippen molar-refractivity contribution in [3.05, 3.63) is 14.3 Å². The van der Waals surface area contributed by atoms with E-state index in [1.807, 2.05) is 0 Å². The van der Waals surface area contributed by atoms with E-state index < -0.39 is 18.4 Å². The minimum absolute atomic E-state index is 0.0322. The maximum atomic E-state index is 11.8. The van der Waals surface area contributed by atoms with Crippen LogP contribution in [0.3, 0.4) is 0 Å². The number of anilines is 1. The maximum absolute atomic E-state index is 11.8. The minimum Gasteiger partial charge on any atom is -0.394 e. The van der Waals surface area contributed by atoms with Gasteiger partial charge >= 0.3 is 0 Å². The first-order valence-corrected chi connectivity index (χ1v) is 7.09. The normalized spacial score (nSPS) is 26.4. The van der Waals surface area contributed by atoms with Crippen LogP contribution in [-0.2, 0) is 4.74 Å². The fourth-order valence-corrected chi connectivity index (χ4v) is 3.53. The summed E-state index contributed by atoms with van der Waals surface area (Å²) in [5.41, 5.74) is 5.44. The number of H-pyrrole nitrogens is 1. The van der Waals surface area contributed by atoms with Gasteiger partial charge in [-0.05, 0) is 12.2 Å². The molecule has 0 bridgehead atoms. The first-order valence-electron chi connectivity index (χ1n) is 5.86. The number of aliphatic hydroxyl groups excluding tert-OH is 2. The first kappa shape index (κ1) is 13.6. The largest absolute Gasteiger partial charge is 0.394 e. The second-order valence-electron chi connectivity index (χ2n) is 4.48. The van der Waals surface area contributed by atoms with E-state index in [0.29, 0.717) is 15.1 Å². The molecule has 1 fully saturated rings. The number of aromatic amines is 1. The number of nitrogens with zero attached hydrogens (tertiary/aromatic N) is 2. The Hall–Kier alpha value is -1.33. The Balaban J connectivity index is 2.19.